The lowest BCUT2D eigenvalue weighted by Crippen LogP contribution is -3.19. The van der Waals surface area contributed by atoms with Gasteiger partial charge in [-0.1, -0.05) is 11.6 Å². The topological polar surface area (TPSA) is 93.3 Å². The number of nitro benzene ring substituents is 1. The molecule has 0 fully saturated rings. The molecule has 7 nitrogen and oxygen atoms in total. The van der Waals surface area contributed by atoms with Crippen LogP contribution in [-0.2, 0) is 4.79 Å². The van der Waals surface area contributed by atoms with Gasteiger partial charge >= 0.3 is 0 Å². The Balaban J connectivity index is 2.47. The van der Waals surface area contributed by atoms with Crippen LogP contribution in [0.25, 0.3) is 0 Å². The SMILES string of the molecule is CC(C)[NH+](CC[NH2+]CC(=O)Nc1cc([N+](=O)[O-])ccc1Cl)C(C)C. The molecule has 0 aliphatic heterocycles. The average Bonchev–Trinajstić information content (AvgIpc) is 2.48. The Morgan fingerprint density at radius 2 is 1.96 bits per heavy atom. The smallest absolute Gasteiger partial charge is 0.279 e. The summed E-state index contributed by atoms with van der Waals surface area (Å²) in [5.41, 5.74) is 0.160. The second kappa shape index (κ2) is 9.56. The molecule has 0 saturated carbocycles. The molecule has 24 heavy (non-hydrogen) atoms. The number of hydrogen-bond acceptors (Lipinski definition) is 3. The van der Waals surface area contributed by atoms with E-state index in [0.717, 1.165) is 13.1 Å². The van der Waals surface area contributed by atoms with Gasteiger partial charge in [0.15, 0.2) is 6.54 Å². The highest BCUT2D eigenvalue weighted by Crippen LogP contribution is 2.26. The van der Waals surface area contributed by atoms with Crippen molar-refractivity contribution in [2.45, 2.75) is 39.8 Å². The summed E-state index contributed by atoms with van der Waals surface area (Å²) in [5.74, 6) is -0.229. The van der Waals surface area contributed by atoms with E-state index in [1.165, 1.54) is 23.1 Å². The van der Waals surface area contributed by atoms with Gasteiger partial charge in [0.25, 0.3) is 11.6 Å². The van der Waals surface area contributed by atoms with E-state index in [0.29, 0.717) is 12.1 Å². The number of rotatable bonds is 9. The minimum atomic E-state index is -0.521. The molecule has 0 unspecified atom stereocenters. The molecule has 0 aliphatic rings. The minimum Gasteiger partial charge on any atom is -0.334 e. The number of benzene rings is 1. The van der Waals surface area contributed by atoms with Crippen LogP contribution in [0.2, 0.25) is 5.02 Å². The van der Waals surface area contributed by atoms with Crippen molar-refractivity contribution in [3.8, 4) is 0 Å². The van der Waals surface area contributed by atoms with E-state index < -0.39 is 4.92 Å². The van der Waals surface area contributed by atoms with Crippen LogP contribution in [0, 0.1) is 10.1 Å². The molecule has 1 aromatic rings. The molecule has 4 N–H and O–H groups in total. The Morgan fingerprint density at radius 3 is 2.50 bits per heavy atom. The molecule has 8 heteroatoms. The Labute approximate surface area is 147 Å². The number of nitrogens with two attached hydrogens (primary N) is 1. The summed E-state index contributed by atoms with van der Waals surface area (Å²) in [4.78, 5) is 23.7. The first-order valence-corrected chi connectivity index (χ1v) is 8.51. The summed E-state index contributed by atoms with van der Waals surface area (Å²) in [6, 6.07) is 5.06. The second-order valence-corrected chi connectivity index (χ2v) is 6.79. The van der Waals surface area contributed by atoms with Crippen LogP contribution < -0.4 is 15.5 Å². The molecular formula is C16H27ClN4O3+2. The number of carbonyl (C=O) groups is 1. The molecule has 0 atom stereocenters. The standard InChI is InChI=1S/C16H25ClN4O3/c1-11(2)20(12(3)4)8-7-18-10-16(22)19-15-9-13(21(23)24)5-6-14(15)17/h5-6,9,11-12,18H,7-8,10H2,1-4H3,(H,19,22)/p+2. The van der Waals surface area contributed by atoms with Crippen molar-refractivity contribution in [1.82, 2.24) is 0 Å². The Hall–Kier alpha value is -1.70. The first-order valence-electron chi connectivity index (χ1n) is 8.13. The van der Waals surface area contributed by atoms with E-state index in [1.54, 1.807) is 0 Å². The lowest BCUT2D eigenvalue weighted by atomic mass is 10.2. The van der Waals surface area contributed by atoms with E-state index in [2.05, 4.69) is 33.0 Å². The average molecular weight is 359 g/mol. The van der Waals surface area contributed by atoms with Gasteiger partial charge in [-0.3, -0.25) is 14.9 Å². The van der Waals surface area contributed by atoms with Crippen LogP contribution in [0.4, 0.5) is 11.4 Å². The van der Waals surface area contributed by atoms with E-state index in [4.69, 9.17) is 11.6 Å². The van der Waals surface area contributed by atoms with Gasteiger partial charge in [0.1, 0.15) is 13.1 Å². The highest BCUT2D eigenvalue weighted by Gasteiger charge is 2.18. The number of nitro groups is 1. The maximum Gasteiger partial charge on any atom is 0.279 e. The van der Waals surface area contributed by atoms with Gasteiger partial charge in [-0.15, -0.1) is 0 Å². The first-order chi connectivity index (χ1) is 11.2. The predicted molar refractivity (Wildman–Crippen MR) is 94.5 cm³/mol. The van der Waals surface area contributed by atoms with Gasteiger partial charge in [-0.05, 0) is 33.8 Å². The molecule has 0 radical (unpaired) electrons. The number of carbonyl (C=O) groups excluding carboxylic acids is 1. The molecule has 0 aliphatic carbocycles. The number of nitrogens with one attached hydrogen (secondary N) is 2. The largest absolute Gasteiger partial charge is 0.334 e. The number of nitrogens with zero attached hydrogens (tertiary/aromatic N) is 1. The van der Waals surface area contributed by atoms with Crippen LogP contribution in [-0.4, -0.2) is 42.5 Å². The number of amides is 1. The number of quaternary nitrogens is 2. The van der Waals surface area contributed by atoms with Crippen LogP contribution in [0.3, 0.4) is 0 Å². The van der Waals surface area contributed by atoms with E-state index in [1.807, 2.05) is 5.32 Å². The first kappa shape index (κ1) is 20.3. The molecule has 0 saturated heterocycles. The maximum atomic E-state index is 12.0. The third kappa shape index (κ3) is 6.43. The normalized spacial score (nSPS) is 11.3. The summed E-state index contributed by atoms with van der Waals surface area (Å²) in [5, 5.41) is 15.6. The van der Waals surface area contributed by atoms with Gasteiger partial charge in [0.05, 0.1) is 27.7 Å². The quantitative estimate of drug-likeness (QED) is 0.340. The molecular weight excluding hydrogens is 332 g/mol. The summed E-state index contributed by atoms with van der Waals surface area (Å²) in [7, 11) is 0. The fourth-order valence-corrected chi connectivity index (χ4v) is 2.83. The van der Waals surface area contributed by atoms with Crippen molar-refractivity contribution >= 4 is 28.9 Å². The number of non-ortho nitro benzene ring substituents is 1. The van der Waals surface area contributed by atoms with Gasteiger partial charge in [0.2, 0.25) is 0 Å². The minimum absolute atomic E-state index is 0.105. The van der Waals surface area contributed by atoms with Crippen LogP contribution in [0.15, 0.2) is 18.2 Å². The van der Waals surface area contributed by atoms with Gasteiger partial charge < -0.3 is 15.5 Å². The molecule has 1 amide bonds. The third-order valence-corrected chi connectivity index (χ3v) is 4.21. The Morgan fingerprint density at radius 1 is 1.33 bits per heavy atom. The van der Waals surface area contributed by atoms with Gasteiger partial charge in [-0.25, -0.2) is 0 Å². The molecule has 134 valence electrons. The number of anilines is 1. The Bertz CT molecular complexity index is 570. The summed E-state index contributed by atoms with van der Waals surface area (Å²) >= 11 is 5.97. The van der Waals surface area contributed by atoms with Crippen LogP contribution >= 0.6 is 11.6 Å². The van der Waals surface area contributed by atoms with Gasteiger partial charge in [0, 0.05) is 12.1 Å². The lowest BCUT2D eigenvalue weighted by molar-refractivity contribution is -0.951. The molecule has 0 aromatic heterocycles. The molecule has 0 spiro atoms. The number of hydrogen-bond donors (Lipinski definition) is 3. The third-order valence-electron chi connectivity index (χ3n) is 3.88. The van der Waals surface area contributed by atoms with Crippen LogP contribution in [0.5, 0.6) is 0 Å². The molecule has 1 rings (SSSR count). The molecule has 1 aromatic carbocycles. The van der Waals surface area contributed by atoms with E-state index >= 15 is 0 Å². The molecule has 0 heterocycles. The lowest BCUT2D eigenvalue weighted by Gasteiger charge is -2.26. The monoisotopic (exact) mass is 358 g/mol. The summed E-state index contributed by atoms with van der Waals surface area (Å²) in [6.07, 6.45) is 0. The zero-order valence-corrected chi connectivity index (χ0v) is 15.4. The molecule has 0 bridgehead atoms. The summed E-state index contributed by atoms with van der Waals surface area (Å²) in [6.45, 7) is 10.8. The van der Waals surface area contributed by atoms with Crippen molar-refractivity contribution in [3.05, 3.63) is 33.3 Å². The van der Waals surface area contributed by atoms with Crippen molar-refractivity contribution in [2.24, 2.45) is 0 Å². The van der Waals surface area contributed by atoms with E-state index in [9.17, 15) is 14.9 Å². The fourth-order valence-electron chi connectivity index (χ4n) is 2.67. The van der Waals surface area contributed by atoms with Crippen LogP contribution in [0.1, 0.15) is 27.7 Å². The maximum absolute atomic E-state index is 12.0. The predicted octanol–water partition coefficient (Wildman–Crippen LogP) is 0.452. The van der Waals surface area contributed by atoms with Crippen molar-refractivity contribution in [3.63, 3.8) is 0 Å². The summed E-state index contributed by atoms with van der Waals surface area (Å²) < 4.78 is 0. The number of halogens is 1. The van der Waals surface area contributed by atoms with Gasteiger partial charge in [-0.2, -0.15) is 0 Å². The Kier molecular flexibility index (Phi) is 8.10. The zero-order chi connectivity index (χ0) is 18.3. The second-order valence-electron chi connectivity index (χ2n) is 6.39. The zero-order valence-electron chi connectivity index (χ0n) is 14.6. The highest BCUT2D eigenvalue weighted by atomic mass is 35.5. The fraction of sp³-hybridized carbons (Fsp3) is 0.562. The van der Waals surface area contributed by atoms with Crippen molar-refractivity contribution in [1.29, 1.82) is 0 Å². The van der Waals surface area contributed by atoms with Crippen molar-refractivity contribution < 1.29 is 19.9 Å². The highest BCUT2D eigenvalue weighted by molar-refractivity contribution is 6.33. The van der Waals surface area contributed by atoms with E-state index in [-0.39, 0.29) is 28.8 Å². The van der Waals surface area contributed by atoms with Crippen molar-refractivity contribution in [2.75, 3.05) is 25.0 Å².